The van der Waals surface area contributed by atoms with Crippen LogP contribution in [0.15, 0.2) is 66.7 Å². The highest BCUT2D eigenvalue weighted by molar-refractivity contribution is 7.22. The number of nitro benzene ring substituents is 2. The number of non-ortho nitro benzene ring substituents is 2. The lowest BCUT2D eigenvalue weighted by Crippen LogP contribution is -2.30. The van der Waals surface area contributed by atoms with Crippen LogP contribution in [0.2, 0.25) is 0 Å². The molecule has 0 spiro atoms. The van der Waals surface area contributed by atoms with Crippen LogP contribution in [0.25, 0.3) is 10.2 Å². The summed E-state index contributed by atoms with van der Waals surface area (Å²) in [5, 5.41) is 22.9. The molecule has 0 N–H and O–H groups in total. The van der Waals surface area contributed by atoms with Crippen LogP contribution in [0.3, 0.4) is 0 Å². The van der Waals surface area contributed by atoms with Gasteiger partial charge in [0.1, 0.15) is 5.75 Å². The fraction of sp³-hybridized carbons (Fsp3) is 0.0909. The average molecular weight is 464 g/mol. The number of ether oxygens (including phenoxy) is 1. The Labute approximate surface area is 191 Å². The third-order valence-corrected chi connectivity index (χ3v) is 5.86. The molecule has 0 fully saturated rings. The van der Waals surface area contributed by atoms with Crippen molar-refractivity contribution in [3.8, 4) is 5.75 Å². The number of methoxy groups -OCH3 is 1. The minimum Gasteiger partial charge on any atom is -0.497 e. The van der Waals surface area contributed by atoms with E-state index < -0.39 is 27.1 Å². The minimum atomic E-state index is -0.769. The molecule has 0 unspecified atom stereocenters. The molecule has 33 heavy (non-hydrogen) atoms. The van der Waals surface area contributed by atoms with Crippen molar-refractivity contribution in [2.75, 3.05) is 12.0 Å². The highest BCUT2D eigenvalue weighted by atomic mass is 32.1. The van der Waals surface area contributed by atoms with Crippen LogP contribution < -0.4 is 9.64 Å². The molecule has 0 saturated carbocycles. The van der Waals surface area contributed by atoms with Gasteiger partial charge in [0.2, 0.25) is 0 Å². The summed E-state index contributed by atoms with van der Waals surface area (Å²) in [4.78, 5) is 40.5. The first kappa shape index (κ1) is 21.8. The van der Waals surface area contributed by atoms with Crippen LogP contribution in [-0.4, -0.2) is 27.8 Å². The molecule has 0 saturated heterocycles. The number of nitro groups is 2. The molecule has 0 aliphatic carbocycles. The molecule has 0 bridgehead atoms. The molecule has 11 heteroatoms. The van der Waals surface area contributed by atoms with E-state index in [0.29, 0.717) is 16.4 Å². The van der Waals surface area contributed by atoms with Gasteiger partial charge in [-0.2, -0.15) is 0 Å². The largest absolute Gasteiger partial charge is 0.497 e. The van der Waals surface area contributed by atoms with E-state index in [-0.39, 0.29) is 12.1 Å². The van der Waals surface area contributed by atoms with Gasteiger partial charge in [-0.15, -0.1) is 0 Å². The standard InChI is InChI=1S/C22H16N4O6S/c1-32-18-7-8-19-20(12-18)33-22(23-19)24(13-14-5-3-2-4-6-14)21(27)15-9-16(25(28)29)11-17(10-15)26(30)31/h2-12H,13H2,1H3. The second-order valence-corrected chi connectivity index (χ2v) is 7.97. The summed E-state index contributed by atoms with van der Waals surface area (Å²) in [7, 11) is 1.55. The van der Waals surface area contributed by atoms with Crippen LogP contribution in [-0.2, 0) is 6.54 Å². The van der Waals surface area contributed by atoms with E-state index in [1.165, 1.54) is 16.2 Å². The topological polar surface area (TPSA) is 129 Å². The van der Waals surface area contributed by atoms with Gasteiger partial charge in [-0.3, -0.25) is 29.9 Å². The number of fused-ring (bicyclic) bond motifs is 1. The summed E-state index contributed by atoms with van der Waals surface area (Å²) in [6.07, 6.45) is 0. The van der Waals surface area contributed by atoms with Crippen molar-refractivity contribution >= 4 is 44.0 Å². The quantitative estimate of drug-likeness (QED) is 0.279. The van der Waals surface area contributed by atoms with Gasteiger partial charge in [-0.1, -0.05) is 41.7 Å². The molecule has 4 rings (SSSR count). The Morgan fingerprint density at radius 2 is 1.67 bits per heavy atom. The zero-order valence-corrected chi connectivity index (χ0v) is 18.0. The van der Waals surface area contributed by atoms with Crippen LogP contribution >= 0.6 is 11.3 Å². The first-order valence-corrected chi connectivity index (χ1v) is 10.4. The zero-order chi connectivity index (χ0) is 23.5. The van der Waals surface area contributed by atoms with Crippen LogP contribution in [0.5, 0.6) is 5.75 Å². The van der Waals surface area contributed by atoms with Gasteiger partial charge in [0.05, 0.1) is 45.3 Å². The molecule has 4 aromatic rings. The number of nitrogens with zero attached hydrogens (tertiary/aromatic N) is 4. The summed E-state index contributed by atoms with van der Waals surface area (Å²) >= 11 is 1.24. The molecule has 3 aromatic carbocycles. The molecular formula is C22H16N4O6S. The van der Waals surface area contributed by atoms with E-state index in [1.807, 2.05) is 30.3 Å². The number of thiazole rings is 1. The maximum absolute atomic E-state index is 13.5. The maximum Gasteiger partial charge on any atom is 0.277 e. The van der Waals surface area contributed by atoms with E-state index in [9.17, 15) is 25.0 Å². The Morgan fingerprint density at radius 1 is 1.00 bits per heavy atom. The maximum atomic E-state index is 13.5. The molecular weight excluding hydrogens is 448 g/mol. The van der Waals surface area contributed by atoms with E-state index >= 15 is 0 Å². The Hall–Kier alpha value is -4.38. The molecule has 0 aliphatic rings. The third-order valence-electron chi connectivity index (χ3n) is 4.82. The number of rotatable bonds is 7. The van der Waals surface area contributed by atoms with Gasteiger partial charge in [0.25, 0.3) is 17.3 Å². The van der Waals surface area contributed by atoms with Crippen molar-refractivity contribution in [2.45, 2.75) is 6.54 Å². The van der Waals surface area contributed by atoms with Crippen LogP contribution in [0, 0.1) is 20.2 Å². The lowest BCUT2D eigenvalue weighted by Gasteiger charge is -2.20. The minimum absolute atomic E-state index is 0.118. The zero-order valence-electron chi connectivity index (χ0n) is 17.2. The van der Waals surface area contributed by atoms with Gasteiger partial charge in [-0.25, -0.2) is 4.98 Å². The molecule has 0 atom stereocenters. The number of carbonyl (C=O) groups is 1. The molecule has 1 aromatic heterocycles. The van der Waals surface area contributed by atoms with Crippen molar-refractivity contribution in [3.05, 3.63) is 98.1 Å². The first-order valence-electron chi connectivity index (χ1n) is 9.60. The van der Waals surface area contributed by atoms with Crippen molar-refractivity contribution in [2.24, 2.45) is 0 Å². The molecule has 10 nitrogen and oxygen atoms in total. The van der Waals surface area contributed by atoms with Crippen LogP contribution in [0.4, 0.5) is 16.5 Å². The molecule has 0 radical (unpaired) electrons. The number of hydrogen-bond acceptors (Lipinski definition) is 8. The van der Waals surface area contributed by atoms with Gasteiger partial charge in [0, 0.05) is 12.1 Å². The monoisotopic (exact) mass is 464 g/mol. The first-order chi connectivity index (χ1) is 15.9. The lowest BCUT2D eigenvalue weighted by molar-refractivity contribution is -0.394. The van der Waals surface area contributed by atoms with Gasteiger partial charge in [0.15, 0.2) is 5.13 Å². The Bertz CT molecular complexity index is 1340. The molecule has 0 aliphatic heterocycles. The fourth-order valence-corrected chi connectivity index (χ4v) is 4.20. The highest BCUT2D eigenvalue weighted by Crippen LogP contribution is 2.34. The van der Waals surface area contributed by atoms with Gasteiger partial charge in [-0.05, 0) is 23.8 Å². The Kier molecular flexibility index (Phi) is 5.96. The predicted molar refractivity (Wildman–Crippen MR) is 123 cm³/mol. The fourth-order valence-electron chi connectivity index (χ4n) is 3.21. The SMILES string of the molecule is COc1ccc2nc(N(Cc3ccccc3)C(=O)c3cc([N+](=O)[O-])cc([N+](=O)[O-])c3)sc2c1. The second-order valence-electron chi connectivity index (χ2n) is 6.96. The third kappa shape index (κ3) is 4.62. The number of carbonyl (C=O) groups excluding carboxylic acids is 1. The van der Waals surface area contributed by atoms with E-state index in [0.717, 1.165) is 28.5 Å². The molecule has 1 amide bonds. The second kappa shape index (κ2) is 9.01. The number of aromatic nitrogens is 1. The van der Waals surface area contributed by atoms with Crippen molar-refractivity contribution in [1.82, 2.24) is 4.98 Å². The molecule has 1 heterocycles. The van der Waals surface area contributed by atoms with Gasteiger partial charge < -0.3 is 4.74 Å². The summed E-state index contributed by atoms with van der Waals surface area (Å²) < 4.78 is 6.02. The Balaban J connectivity index is 1.82. The summed E-state index contributed by atoms with van der Waals surface area (Å²) in [6.45, 7) is 0.118. The van der Waals surface area contributed by atoms with Gasteiger partial charge >= 0.3 is 0 Å². The average Bonchev–Trinajstić information content (AvgIpc) is 3.25. The predicted octanol–water partition coefficient (Wildman–Crippen LogP) is 4.97. The number of hydrogen-bond donors (Lipinski definition) is 0. The lowest BCUT2D eigenvalue weighted by atomic mass is 10.1. The highest BCUT2D eigenvalue weighted by Gasteiger charge is 2.26. The van der Waals surface area contributed by atoms with Crippen molar-refractivity contribution in [3.63, 3.8) is 0 Å². The molecule has 166 valence electrons. The number of anilines is 1. The van der Waals surface area contributed by atoms with E-state index in [1.54, 1.807) is 25.3 Å². The van der Waals surface area contributed by atoms with E-state index in [2.05, 4.69) is 4.98 Å². The summed E-state index contributed by atoms with van der Waals surface area (Å²) in [5.41, 5.74) is 0.181. The Morgan fingerprint density at radius 3 is 2.27 bits per heavy atom. The van der Waals surface area contributed by atoms with Crippen LogP contribution in [0.1, 0.15) is 15.9 Å². The van der Waals surface area contributed by atoms with E-state index in [4.69, 9.17) is 4.74 Å². The van der Waals surface area contributed by atoms with Crippen molar-refractivity contribution in [1.29, 1.82) is 0 Å². The number of amides is 1. The summed E-state index contributed by atoms with van der Waals surface area (Å²) in [6, 6.07) is 17.3. The smallest absolute Gasteiger partial charge is 0.277 e. The normalized spacial score (nSPS) is 10.7. The summed E-state index contributed by atoms with van der Waals surface area (Å²) in [5.74, 6) is -0.00961. The van der Waals surface area contributed by atoms with Crippen molar-refractivity contribution < 1.29 is 19.4 Å². The number of benzene rings is 3.